The molecule has 8 nitrogen and oxygen atoms in total. The maximum Gasteiger partial charge on any atom is 0.319 e. The van der Waals surface area contributed by atoms with Gasteiger partial charge in [-0.05, 0) is 51.7 Å². The average Bonchev–Trinajstić information content (AvgIpc) is 2.83. The minimum atomic E-state index is -0.337. The van der Waals surface area contributed by atoms with E-state index in [0.717, 1.165) is 13.0 Å². The Balaban J connectivity index is 1.94. The van der Waals surface area contributed by atoms with Gasteiger partial charge in [0.2, 0.25) is 0 Å². The van der Waals surface area contributed by atoms with Gasteiger partial charge in [-0.25, -0.2) is 4.79 Å². The molecule has 142 valence electrons. The zero-order valence-electron chi connectivity index (χ0n) is 15.5. The molecule has 1 heterocycles. The first-order chi connectivity index (χ1) is 12.4. The van der Waals surface area contributed by atoms with Crippen LogP contribution in [0.4, 0.5) is 10.5 Å². The molecule has 2 rings (SSSR count). The fourth-order valence-electron chi connectivity index (χ4n) is 2.71. The van der Waals surface area contributed by atoms with Gasteiger partial charge in [0.05, 0.1) is 11.1 Å². The lowest BCUT2D eigenvalue weighted by atomic mass is 10.1. The van der Waals surface area contributed by atoms with E-state index in [9.17, 15) is 14.4 Å². The van der Waals surface area contributed by atoms with Crippen molar-refractivity contribution in [3.05, 3.63) is 29.3 Å². The third kappa shape index (κ3) is 5.03. The monoisotopic (exact) mass is 362 g/mol. The molecule has 0 aliphatic carbocycles. The predicted molar refractivity (Wildman–Crippen MR) is 98.5 cm³/mol. The average molecular weight is 362 g/mol. The van der Waals surface area contributed by atoms with Gasteiger partial charge in [0.15, 0.2) is 0 Å². The number of hydrogen-bond donors (Lipinski definition) is 2. The number of anilines is 1. The Morgan fingerprint density at radius 2 is 1.88 bits per heavy atom. The van der Waals surface area contributed by atoms with E-state index in [0.29, 0.717) is 42.9 Å². The molecule has 0 aromatic heterocycles. The number of fused-ring (bicyclic) bond motifs is 1. The van der Waals surface area contributed by atoms with Crippen LogP contribution in [0.1, 0.15) is 33.6 Å². The molecule has 2 N–H and O–H groups in total. The van der Waals surface area contributed by atoms with Crippen molar-refractivity contribution in [2.24, 2.45) is 0 Å². The van der Waals surface area contributed by atoms with Gasteiger partial charge in [0, 0.05) is 32.5 Å². The lowest BCUT2D eigenvalue weighted by Gasteiger charge is -2.12. The molecule has 0 unspecified atom stereocenters. The number of carbonyl (C=O) groups is 3. The Bertz CT molecular complexity index is 675. The van der Waals surface area contributed by atoms with Crippen LogP contribution >= 0.6 is 0 Å². The fourth-order valence-corrected chi connectivity index (χ4v) is 2.71. The highest BCUT2D eigenvalue weighted by atomic mass is 16.5. The fraction of sp³-hybridized carbons (Fsp3) is 0.500. The number of nitrogens with zero attached hydrogens (tertiary/aromatic N) is 2. The molecule has 0 radical (unpaired) electrons. The van der Waals surface area contributed by atoms with Crippen molar-refractivity contribution in [1.82, 2.24) is 15.1 Å². The van der Waals surface area contributed by atoms with Gasteiger partial charge in [-0.3, -0.25) is 14.5 Å². The van der Waals surface area contributed by atoms with Crippen molar-refractivity contribution in [3.8, 4) is 0 Å². The minimum absolute atomic E-state index is 0.305. The van der Waals surface area contributed by atoms with E-state index in [1.54, 1.807) is 25.3 Å². The number of nitrogens with one attached hydrogen (secondary N) is 2. The third-order valence-corrected chi connectivity index (χ3v) is 4.03. The number of rotatable bonds is 9. The molecule has 1 aromatic carbocycles. The molecular formula is C18H26N4O4. The Kier molecular flexibility index (Phi) is 7.11. The lowest BCUT2D eigenvalue weighted by Crippen LogP contribution is -2.31. The van der Waals surface area contributed by atoms with Gasteiger partial charge in [-0.15, -0.1) is 0 Å². The van der Waals surface area contributed by atoms with Gasteiger partial charge in [-0.1, -0.05) is 0 Å². The molecule has 0 fully saturated rings. The summed E-state index contributed by atoms with van der Waals surface area (Å²) >= 11 is 0. The predicted octanol–water partition coefficient (Wildman–Crippen LogP) is 1.39. The van der Waals surface area contributed by atoms with Crippen LogP contribution in [0, 0.1) is 0 Å². The summed E-state index contributed by atoms with van der Waals surface area (Å²) in [5.41, 5.74) is 1.16. The van der Waals surface area contributed by atoms with E-state index in [-0.39, 0.29) is 17.8 Å². The van der Waals surface area contributed by atoms with Crippen molar-refractivity contribution in [3.63, 3.8) is 0 Å². The van der Waals surface area contributed by atoms with Gasteiger partial charge < -0.3 is 20.3 Å². The van der Waals surface area contributed by atoms with E-state index < -0.39 is 0 Å². The zero-order valence-corrected chi connectivity index (χ0v) is 15.5. The van der Waals surface area contributed by atoms with E-state index in [2.05, 4.69) is 10.6 Å². The van der Waals surface area contributed by atoms with Crippen molar-refractivity contribution in [1.29, 1.82) is 0 Å². The highest BCUT2D eigenvalue weighted by Crippen LogP contribution is 2.26. The molecule has 0 bridgehead atoms. The van der Waals surface area contributed by atoms with Crippen molar-refractivity contribution in [2.75, 3.05) is 52.8 Å². The number of benzene rings is 1. The highest BCUT2D eigenvalue weighted by Gasteiger charge is 2.35. The van der Waals surface area contributed by atoms with Crippen LogP contribution < -0.4 is 10.6 Å². The Labute approximate surface area is 153 Å². The molecule has 4 amide bonds. The molecule has 26 heavy (non-hydrogen) atoms. The second-order valence-electron chi connectivity index (χ2n) is 6.41. The van der Waals surface area contributed by atoms with Gasteiger partial charge in [0.1, 0.15) is 0 Å². The Hall–Kier alpha value is -2.45. The maximum absolute atomic E-state index is 12.4. The quantitative estimate of drug-likeness (QED) is 0.512. The molecule has 0 saturated carbocycles. The normalized spacial score (nSPS) is 13.3. The smallest absolute Gasteiger partial charge is 0.319 e. The summed E-state index contributed by atoms with van der Waals surface area (Å²) < 4.78 is 4.96. The van der Waals surface area contributed by atoms with Crippen LogP contribution in [0.15, 0.2) is 18.2 Å². The second-order valence-corrected chi connectivity index (χ2v) is 6.41. The number of urea groups is 1. The van der Waals surface area contributed by atoms with Crippen LogP contribution in [0.5, 0.6) is 0 Å². The van der Waals surface area contributed by atoms with Gasteiger partial charge >= 0.3 is 6.03 Å². The summed E-state index contributed by atoms with van der Waals surface area (Å²) in [5, 5.41) is 5.46. The second kappa shape index (κ2) is 9.30. The summed E-state index contributed by atoms with van der Waals surface area (Å²) in [7, 11) is 5.52. The van der Waals surface area contributed by atoms with Crippen LogP contribution in [0.3, 0.4) is 0 Å². The zero-order chi connectivity index (χ0) is 19.1. The van der Waals surface area contributed by atoms with E-state index in [4.69, 9.17) is 4.74 Å². The lowest BCUT2D eigenvalue weighted by molar-refractivity contribution is 0.0638. The number of imide groups is 1. The summed E-state index contributed by atoms with van der Waals surface area (Å²) in [6.45, 7) is 2.23. The van der Waals surface area contributed by atoms with E-state index >= 15 is 0 Å². The van der Waals surface area contributed by atoms with Gasteiger partial charge in [0.25, 0.3) is 11.8 Å². The Morgan fingerprint density at radius 1 is 1.15 bits per heavy atom. The number of hydrogen-bond acceptors (Lipinski definition) is 5. The number of carbonyl (C=O) groups excluding carboxylic acids is 3. The maximum atomic E-state index is 12.4. The summed E-state index contributed by atoms with van der Waals surface area (Å²) in [5.74, 6) is -0.642. The molecule has 0 saturated heterocycles. The molecular weight excluding hydrogens is 336 g/mol. The molecule has 1 aliphatic rings. The Morgan fingerprint density at radius 3 is 2.58 bits per heavy atom. The molecule has 0 atom stereocenters. The van der Waals surface area contributed by atoms with Crippen LogP contribution in [0.25, 0.3) is 0 Å². The summed E-state index contributed by atoms with van der Waals surface area (Å²) in [6, 6.07) is 4.42. The highest BCUT2D eigenvalue weighted by molar-refractivity contribution is 6.21. The van der Waals surface area contributed by atoms with Crippen LogP contribution in [0.2, 0.25) is 0 Å². The first-order valence-electron chi connectivity index (χ1n) is 8.62. The van der Waals surface area contributed by atoms with Crippen LogP contribution in [-0.4, -0.2) is 75.1 Å². The van der Waals surface area contributed by atoms with Crippen molar-refractivity contribution < 1.29 is 19.1 Å². The SMILES string of the molecule is COCCCN1C(=O)c2ccc(NC(=O)NCCCN(C)C)cc2C1=O. The van der Waals surface area contributed by atoms with Crippen LogP contribution in [-0.2, 0) is 4.74 Å². The number of ether oxygens (including phenoxy) is 1. The third-order valence-electron chi connectivity index (χ3n) is 4.03. The van der Waals surface area contributed by atoms with Crippen molar-refractivity contribution in [2.45, 2.75) is 12.8 Å². The van der Waals surface area contributed by atoms with E-state index in [1.807, 2.05) is 19.0 Å². The summed E-state index contributed by atoms with van der Waals surface area (Å²) in [4.78, 5) is 40.0. The molecule has 1 aromatic rings. The molecule has 0 spiro atoms. The minimum Gasteiger partial charge on any atom is -0.385 e. The standard InChI is InChI=1S/C18H26N4O4/c1-21(2)9-4-8-19-18(25)20-13-6-7-14-15(12-13)17(24)22(16(14)23)10-5-11-26-3/h6-7,12H,4-5,8-11H2,1-3H3,(H2,19,20,25). The topological polar surface area (TPSA) is 91.0 Å². The first kappa shape index (κ1) is 19.9. The molecule has 1 aliphatic heterocycles. The molecule has 8 heteroatoms. The largest absolute Gasteiger partial charge is 0.385 e. The van der Waals surface area contributed by atoms with Crippen molar-refractivity contribution >= 4 is 23.5 Å². The van der Waals surface area contributed by atoms with E-state index in [1.165, 1.54) is 4.90 Å². The first-order valence-corrected chi connectivity index (χ1v) is 8.62. The summed E-state index contributed by atoms with van der Waals surface area (Å²) in [6.07, 6.45) is 1.43. The number of methoxy groups -OCH3 is 1. The number of amides is 4. The van der Waals surface area contributed by atoms with Gasteiger partial charge in [-0.2, -0.15) is 0 Å².